The summed E-state index contributed by atoms with van der Waals surface area (Å²) in [5, 5.41) is 12.6. The van der Waals surface area contributed by atoms with E-state index in [2.05, 4.69) is 5.32 Å². The maximum absolute atomic E-state index is 12.2. The Labute approximate surface area is 124 Å². The predicted octanol–water partition coefficient (Wildman–Crippen LogP) is 2.65. The van der Waals surface area contributed by atoms with E-state index in [4.69, 9.17) is 5.73 Å². The van der Waals surface area contributed by atoms with Crippen LogP contribution in [0.1, 0.15) is 40.0 Å². The van der Waals surface area contributed by atoms with Crippen LogP contribution in [-0.2, 0) is 6.54 Å². The molecule has 2 aromatic carbocycles. The van der Waals surface area contributed by atoms with Crippen LogP contribution in [0, 0.1) is 6.92 Å². The van der Waals surface area contributed by atoms with Crippen LogP contribution < -0.4 is 11.1 Å². The molecule has 2 rings (SSSR count). The molecule has 0 spiro atoms. The SMILES string of the molecule is Cc1ccc(C(=O)NC(C)c2ccc(CN)cc2)cc1O. The summed E-state index contributed by atoms with van der Waals surface area (Å²) >= 11 is 0. The molecule has 4 nitrogen and oxygen atoms in total. The first kappa shape index (κ1) is 15.1. The number of phenols is 1. The number of rotatable bonds is 4. The van der Waals surface area contributed by atoms with E-state index >= 15 is 0 Å². The summed E-state index contributed by atoms with van der Waals surface area (Å²) < 4.78 is 0. The van der Waals surface area contributed by atoms with E-state index in [0.717, 1.165) is 16.7 Å². The summed E-state index contributed by atoms with van der Waals surface area (Å²) in [6.07, 6.45) is 0. The molecule has 21 heavy (non-hydrogen) atoms. The molecule has 0 bridgehead atoms. The lowest BCUT2D eigenvalue weighted by atomic mass is 10.1. The number of carbonyl (C=O) groups excluding carboxylic acids is 1. The van der Waals surface area contributed by atoms with E-state index in [9.17, 15) is 9.90 Å². The molecule has 4 heteroatoms. The van der Waals surface area contributed by atoms with E-state index in [1.54, 1.807) is 19.1 Å². The van der Waals surface area contributed by atoms with E-state index in [0.29, 0.717) is 12.1 Å². The Balaban J connectivity index is 2.08. The third-order valence-corrected chi connectivity index (χ3v) is 3.53. The third kappa shape index (κ3) is 3.61. The molecule has 1 atom stereocenters. The number of nitrogens with two attached hydrogens (primary N) is 1. The van der Waals surface area contributed by atoms with Gasteiger partial charge in [-0.1, -0.05) is 30.3 Å². The van der Waals surface area contributed by atoms with Crippen molar-refractivity contribution in [3.63, 3.8) is 0 Å². The number of hydrogen-bond acceptors (Lipinski definition) is 3. The quantitative estimate of drug-likeness (QED) is 0.808. The molecule has 1 unspecified atom stereocenters. The van der Waals surface area contributed by atoms with Crippen LogP contribution in [0.5, 0.6) is 5.75 Å². The largest absolute Gasteiger partial charge is 0.508 e. The van der Waals surface area contributed by atoms with Gasteiger partial charge in [0.05, 0.1) is 6.04 Å². The predicted molar refractivity (Wildman–Crippen MR) is 83.1 cm³/mol. The van der Waals surface area contributed by atoms with Crippen molar-refractivity contribution in [2.24, 2.45) is 5.73 Å². The number of aromatic hydroxyl groups is 1. The molecule has 2 aromatic rings. The molecule has 0 aliphatic heterocycles. The zero-order valence-electron chi connectivity index (χ0n) is 12.3. The van der Waals surface area contributed by atoms with Gasteiger partial charge < -0.3 is 16.2 Å². The van der Waals surface area contributed by atoms with E-state index in [1.165, 1.54) is 6.07 Å². The first-order valence-corrected chi connectivity index (χ1v) is 6.90. The minimum absolute atomic E-state index is 0.118. The van der Waals surface area contributed by atoms with Gasteiger partial charge in [0.25, 0.3) is 5.91 Å². The maximum Gasteiger partial charge on any atom is 0.251 e. The lowest BCUT2D eigenvalue weighted by molar-refractivity contribution is 0.0939. The van der Waals surface area contributed by atoms with E-state index < -0.39 is 0 Å². The van der Waals surface area contributed by atoms with Gasteiger partial charge in [0.1, 0.15) is 5.75 Å². The fourth-order valence-corrected chi connectivity index (χ4v) is 2.06. The number of aryl methyl sites for hydroxylation is 1. The Morgan fingerprint density at radius 1 is 1.24 bits per heavy atom. The normalized spacial score (nSPS) is 12.0. The molecule has 0 heterocycles. The van der Waals surface area contributed by atoms with Crippen molar-refractivity contribution in [2.45, 2.75) is 26.4 Å². The van der Waals surface area contributed by atoms with Gasteiger partial charge in [0.15, 0.2) is 0 Å². The lowest BCUT2D eigenvalue weighted by Crippen LogP contribution is -2.26. The van der Waals surface area contributed by atoms with Crippen molar-refractivity contribution in [3.8, 4) is 5.75 Å². The Morgan fingerprint density at radius 3 is 2.48 bits per heavy atom. The second kappa shape index (κ2) is 6.41. The average molecular weight is 284 g/mol. The molecule has 0 radical (unpaired) electrons. The van der Waals surface area contributed by atoms with Crippen molar-refractivity contribution < 1.29 is 9.90 Å². The van der Waals surface area contributed by atoms with Crippen LogP contribution in [0.4, 0.5) is 0 Å². The Morgan fingerprint density at radius 2 is 1.90 bits per heavy atom. The zero-order valence-corrected chi connectivity index (χ0v) is 12.3. The molecule has 110 valence electrons. The summed E-state index contributed by atoms with van der Waals surface area (Å²) in [7, 11) is 0. The van der Waals surface area contributed by atoms with Crippen molar-refractivity contribution in [1.29, 1.82) is 0 Å². The van der Waals surface area contributed by atoms with E-state index in [-0.39, 0.29) is 17.7 Å². The third-order valence-electron chi connectivity index (χ3n) is 3.53. The van der Waals surface area contributed by atoms with Crippen LogP contribution >= 0.6 is 0 Å². The van der Waals surface area contributed by atoms with Gasteiger partial charge in [0.2, 0.25) is 0 Å². The smallest absolute Gasteiger partial charge is 0.251 e. The van der Waals surface area contributed by atoms with E-state index in [1.807, 2.05) is 31.2 Å². The van der Waals surface area contributed by atoms with Gasteiger partial charge >= 0.3 is 0 Å². The number of phenolic OH excluding ortho intramolecular Hbond substituents is 1. The number of carbonyl (C=O) groups is 1. The Hall–Kier alpha value is -2.33. The zero-order chi connectivity index (χ0) is 15.4. The monoisotopic (exact) mass is 284 g/mol. The van der Waals surface area contributed by atoms with Gasteiger partial charge in [-0.25, -0.2) is 0 Å². The van der Waals surface area contributed by atoms with Crippen LogP contribution in [0.2, 0.25) is 0 Å². The molecule has 1 amide bonds. The molecule has 0 aliphatic carbocycles. The van der Waals surface area contributed by atoms with Crippen LogP contribution in [0.3, 0.4) is 0 Å². The maximum atomic E-state index is 12.2. The molecular weight excluding hydrogens is 264 g/mol. The minimum Gasteiger partial charge on any atom is -0.508 e. The van der Waals surface area contributed by atoms with Gasteiger partial charge in [-0.2, -0.15) is 0 Å². The molecule has 0 aliphatic rings. The summed E-state index contributed by atoms with van der Waals surface area (Å²) in [5.74, 6) is -0.0803. The summed E-state index contributed by atoms with van der Waals surface area (Å²) in [4.78, 5) is 12.2. The molecule has 0 aromatic heterocycles. The van der Waals surface area contributed by atoms with Gasteiger partial charge in [-0.15, -0.1) is 0 Å². The summed E-state index contributed by atoms with van der Waals surface area (Å²) in [6.45, 7) is 4.21. The fraction of sp³-hybridized carbons (Fsp3) is 0.235. The van der Waals surface area contributed by atoms with Crippen molar-refractivity contribution >= 4 is 5.91 Å². The molecule has 4 N–H and O–H groups in total. The molecule has 0 fully saturated rings. The van der Waals surface area contributed by atoms with Crippen LogP contribution in [0.15, 0.2) is 42.5 Å². The van der Waals surface area contributed by atoms with Gasteiger partial charge in [0, 0.05) is 12.1 Å². The Kier molecular flexibility index (Phi) is 4.60. The Bertz CT molecular complexity index is 636. The number of nitrogens with one attached hydrogen (secondary N) is 1. The van der Waals surface area contributed by atoms with Crippen molar-refractivity contribution in [3.05, 3.63) is 64.7 Å². The highest BCUT2D eigenvalue weighted by Gasteiger charge is 2.12. The molecule has 0 saturated heterocycles. The lowest BCUT2D eigenvalue weighted by Gasteiger charge is -2.15. The van der Waals surface area contributed by atoms with Gasteiger partial charge in [-0.3, -0.25) is 4.79 Å². The molecular formula is C17H20N2O2. The topological polar surface area (TPSA) is 75.4 Å². The number of benzene rings is 2. The highest BCUT2D eigenvalue weighted by molar-refractivity contribution is 5.94. The van der Waals surface area contributed by atoms with Crippen LogP contribution in [0.25, 0.3) is 0 Å². The van der Waals surface area contributed by atoms with Crippen molar-refractivity contribution in [1.82, 2.24) is 5.32 Å². The first-order valence-electron chi connectivity index (χ1n) is 6.90. The number of amides is 1. The number of hydrogen-bond donors (Lipinski definition) is 3. The van der Waals surface area contributed by atoms with Crippen LogP contribution in [-0.4, -0.2) is 11.0 Å². The van der Waals surface area contributed by atoms with Crippen molar-refractivity contribution in [2.75, 3.05) is 0 Å². The first-order chi connectivity index (χ1) is 10.0. The van der Waals surface area contributed by atoms with Gasteiger partial charge in [-0.05, 0) is 42.7 Å². The average Bonchev–Trinajstić information content (AvgIpc) is 2.50. The minimum atomic E-state index is -0.208. The highest BCUT2D eigenvalue weighted by atomic mass is 16.3. The summed E-state index contributed by atoms with van der Waals surface area (Å²) in [5.41, 5.74) is 8.83. The summed E-state index contributed by atoms with van der Waals surface area (Å²) in [6, 6.07) is 12.6. The second-order valence-electron chi connectivity index (χ2n) is 5.14. The fourth-order valence-electron chi connectivity index (χ4n) is 2.06. The standard InChI is InChI=1S/C17H20N2O2/c1-11-3-6-15(9-16(11)20)17(21)19-12(2)14-7-4-13(10-18)5-8-14/h3-9,12,20H,10,18H2,1-2H3,(H,19,21). The molecule has 0 saturated carbocycles. The highest BCUT2D eigenvalue weighted by Crippen LogP contribution is 2.19. The second-order valence-corrected chi connectivity index (χ2v) is 5.14.